The molecule has 1 saturated heterocycles. The third-order valence-corrected chi connectivity index (χ3v) is 4.61. The van der Waals surface area contributed by atoms with Gasteiger partial charge in [-0.2, -0.15) is 0 Å². The van der Waals surface area contributed by atoms with E-state index in [1.165, 1.54) is 6.07 Å². The Morgan fingerprint density at radius 3 is 2.76 bits per heavy atom. The van der Waals surface area contributed by atoms with Crippen LogP contribution in [0.4, 0.5) is 0 Å². The predicted molar refractivity (Wildman–Crippen MR) is 81.1 cm³/mol. The molecule has 5 nitrogen and oxygen atoms in total. The summed E-state index contributed by atoms with van der Waals surface area (Å²) in [6.45, 7) is 4.24. The van der Waals surface area contributed by atoms with Crippen LogP contribution >= 0.6 is 11.3 Å². The lowest BCUT2D eigenvalue weighted by Crippen LogP contribution is -2.31. The Labute approximate surface area is 128 Å². The maximum atomic E-state index is 12.4. The zero-order chi connectivity index (χ0) is 15.2. The molecular weight excluding hydrogens is 290 g/mol. The molecule has 0 radical (unpaired) electrons. The van der Waals surface area contributed by atoms with Gasteiger partial charge in [-0.15, -0.1) is 11.3 Å². The van der Waals surface area contributed by atoms with Gasteiger partial charge in [-0.05, 0) is 37.8 Å². The van der Waals surface area contributed by atoms with Crippen molar-refractivity contribution in [1.82, 2.24) is 4.90 Å². The first-order valence-electron chi connectivity index (χ1n) is 7.35. The molecule has 1 fully saturated rings. The molecule has 1 aliphatic heterocycles. The summed E-state index contributed by atoms with van der Waals surface area (Å²) in [4.78, 5) is 25.8. The first-order chi connectivity index (χ1) is 10.1. The SMILES string of the molecule is CCCOC1CCCN(C(=O)c2ccc(C(=O)O)s2)CC1. The molecule has 1 unspecified atom stereocenters. The van der Waals surface area contributed by atoms with Gasteiger partial charge >= 0.3 is 5.97 Å². The van der Waals surface area contributed by atoms with E-state index in [4.69, 9.17) is 9.84 Å². The number of likely N-dealkylation sites (tertiary alicyclic amines) is 1. The van der Waals surface area contributed by atoms with Crippen LogP contribution in [0, 0.1) is 0 Å². The molecule has 1 amide bonds. The molecule has 0 bridgehead atoms. The lowest BCUT2D eigenvalue weighted by molar-refractivity contribution is 0.0432. The summed E-state index contributed by atoms with van der Waals surface area (Å²) < 4.78 is 5.77. The van der Waals surface area contributed by atoms with Gasteiger partial charge in [-0.25, -0.2) is 4.79 Å². The number of carboxylic acids is 1. The smallest absolute Gasteiger partial charge is 0.345 e. The molecule has 0 saturated carbocycles. The van der Waals surface area contributed by atoms with Gasteiger partial charge in [0.2, 0.25) is 0 Å². The third kappa shape index (κ3) is 4.28. The van der Waals surface area contributed by atoms with E-state index in [0.717, 1.165) is 43.6 Å². The Hall–Kier alpha value is -1.40. The molecule has 2 rings (SSSR count). The Morgan fingerprint density at radius 1 is 1.33 bits per heavy atom. The van der Waals surface area contributed by atoms with Crippen molar-refractivity contribution in [3.05, 3.63) is 21.9 Å². The molecule has 1 N–H and O–H groups in total. The van der Waals surface area contributed by atoms with Crippen LogP contribution < -0.4 is 0 Å². The second-order valence-electron chi connectivity index (χ2n) is 5.18. The van der Waals surface area contributed by atoms with Gasteiger partial charge in [0, 0.05) is 19.7 Å². The Morgan fingerprint density at radius 2 is 2.10 bits per heavy atom. The molecule has 0 aliphatic carbocycles. The molecule has 0 aromatic carbocycles. The highest BCUT2D eigenvalue weighted by atomic mass is 32.1. The fourth-order valence-corrected chi connectivity index (χ4v) is 3.26. The van der Waals surface area contributed by atoms with E-state index in [2.05, 4.69) is 6.92 Å². The maximum absolute atomic E-state index is 12.4. The molecule has 1 atom stereocenters. The number of carboxylic acid groups (broad SMARTS) is 1. The van der Waals surface area contributed by atoms with Gasteiger partial charge < -0.3 is 14.7 Å². The number of nitrogens with zero attached hydrogens (tertiary/aromatic N) is 1. The van der Waals surface area contributed by atoms with Crippen molar-refractivity contribution in [2.24, 2.45) is 0 Å². The quantitative estimate of drug-likeness (QED) is 0.908. The molecule has 0 spiro atoms. The van der Waals surface area contributed by atoms with E-state index >= 15 is 0 Å². The molecular formula is C15H21NO4S. The highest BCUT2D eigenvalue weighted by molar-refractivity contribution is 7.15. The van der Waals surface area contributed by atoms with Crippen LogP contribution in [0.3, 0.4) is 0 Å². The van der Waals surface area contributed by atoms with Crippen LogP contribution in [0.15, 0.2) is 12.1 Å². The summed E-state index contributed by atoms with van der Waals surface area (Å²) in [6, 6.07) is 3.09. The molecule has 116 valence electrons. The summed E-state index contributed by atoms with van der Waals surface area (Å²) in [5.41, 5.74) is 0. The van der Waals surface area contributed by atoms with Gasteiger partial charge in [-0.1, -0.05) is 6.92 Å². The highest BCUT2D eigenvalue weighted by Crippen LogP contribution is 2.21. The topological polar surface area (TPSA) is 66.8 Å². The summed E-state index contributed by atoms with van der Waals surface area (Å²) >= 11 is 1.04. The average molecular weight is 311 g/mol. The maximum Gasteiger partial charge on any atom is 0.345 e. The normalized spacial score (nSPS) is 19.3. The standard InChI is InChI=1S/C15H21NO4S/c1-2-10-20-11-4-3-8-16(9-7-11)14(17)12-5-6-13(21-12)15(18)19/h5-6,11H,2-4,7-10H2,1H3,(H,18,19). The monoisotopic (exact) mass is 311 g/mol. The van der Waals surface area contributed by atoms with Gasteiger partial charge in [0.05, 0.1) is 11.0 Å². The van der Waals surface area contributed by atoms with E-state index in [1.807, 2.05) is 4.90 Å². The number of carbonyl (C=O) groups excluding carboxylic acids is 1. The van der Waals surface area contributed by atoms with Crippen molar-refractivity contribution >= 4 is 23.2 Å². The van der Waals surface area contributed by atoms with E-state index in [0.29, 0.717) is 18.0 Å². The van der Waals surface area contributed by atoms with Gasteiger partial charge in [0.25, 0.3) is 5.91 Å². The largest absolute Gasteiger partial charge is 0.477 e. The van der Waals surface area contributed by atoms with Crippen molar-refractivity contribution in [1.29, 1.82) is 0 Å². The van der Waals surface area contributed by atoms with Gasteiger partial charge in [0.1, 0.15) is 4.88 Å². The third-order valence-electron chi connectivity index (χ3n) is 3.55. The van der Waals surface area contributed by atoms with Crippen LogP contribution in [0.2, 0.25) is 0 Å². The number of hydrogen-bond donors (Lipinski definition) is 1. The van der Waals surface area contributed by atoms with E-state index < -0.39 is 5.97 Å². The first kappa shape index (κ1) is 16.0. The second-order valence-corrected chi connectivity index (χ2v) is 6.27. The molecule has 21 heavy (non-hydrogen) atoms. The molecule has 6 heteroatoms. The van der Waals surface area contributed by atoms with Crippen molar-refractivity contribution in [2.45, 2.75) is 38.7 Å². The highest BCUT2D eigenvalue weighted by Gasteiger charge is 2.23. The zero-order valence-electron chi connectivity index (χ0n) is 12.2. The van der Waals surface area contributed by atoms with Crippen LogP contribution in [-0.4, -0.2) is 47.7 Å². The van der Waals surface area contributed by atoms with E-state index in [9.17, 15) is 9.59 Å². The number of carbonyl (C=O) groups is 2. The van der Waals surface area contributed by atoms with Crippen molar-refractivity contribution < 1.29 is 19.4 Å². The summed E-state index contributed by atoms with van der Waals surface area (Å²) in [5, 5.41) is 8.92. The molecule has 2 heterocycles. The van der Waals surface area contributed by atoms with E-state index in [1.54, 1.807) is 6.07 Å². The Balaban J connectivity index is 1.94. The molecule has 1 aliphatic rings. The van der Waals surface area contributed by atoms with Crippen LogP contribution in [-0.2, 0) is 4.74 Å². The number of amides is 1. The Kier molecular flexibility index (Phi) is 5.76. The zero-order valence-corrected chi connectivity index (χ0v) is 13.0. The fraction of sp³-hybridized carbons (Fsp3) is 0.600. The lowest BCUT2D eigenvalue weighted by atomic mass is 10.2. The minimum Gasteiger partial charge on any atom is -0.477 e. The van der Waals surface area contributed by atoms with Gasteiger partial charge in [-0.3, -0.25) is 4.79 Å². The average Bonchev–Trinajstić information content (AvgIpc) is 2.85. The van der Waals surface area contributed by atoms with Gasteiger partial charge in [0.15, 0.2) is 0 Å². The number of hydrogen-bond acceptors (Lipinski definition) is 4. The summed E-state index contributed by atoms with van der Waals surface area (Å²) in [5.74, 6) is -1.05. The second kappa shape index (κ2) is 7.56. The predicted octanol–water partition coefficient (Wildman–Crippen LogP) is 2.87. The van der Waals surface area contributed by atoms with Crippen LogP contribution in [0.25, 0.3) is 0 Å². The minimum atomic E-state index is -0.983. The van der Waals surface area contributed by atoms with Crippen LogP contribution in [0.5, 0.6) is 0 Å². The van der Waals surface area contributed by atoms with Crippen molar-refractivity contribution in [3.8, 4) is 0 Å². The molecule has 1 aromatic rings. The first-order valence-corrected chi connectivity index (χ1v) is 8.17. The Bertz CT molecular complexity index is 500. The van der Waals surface area contributed by atoms with Crippen molar-refractivity contribution in [3.63, 3.8) is 0 Å². The van der Waals surface area contributed by atoms with Crippen LogP contribution in [0.1, 0.15) is 52.0 Å². The number of thiophene rings is 1. The summed E-state index contributed by atoms with van der Waals surface area (Å²) in [7, 11) is 0. The minimum absolute atomic E-state index is 0.0661. The summed E-state index contributed by atoms with van der Waals surface area (Å²) in [6.07, 6.45) is 4.00. The molecule has 1 aromatic heterocycles. The number of ether oxygens (including phenoxy) is 1. The lowest BCUT2D eigenvalue weighted by Gasteiger charge is -2.20. The van der Waals surface area contributed by atoms with E-state index in [-0.39, 0.29) is 16.9 Å². The van der Waals surface area contributed by atoms with Crippen molar-refractivity contribution in [2.75, 3.05) is 19.7 Å². The number of aromatic carboxylic acids is 1. The fourth-order valence-electron chi connectivity index (χ4n) is 2.44. The number of rotatable bonds is 5.